The third-order valence-corrected chi connectivity index (χ3v) is 2.63. The number of nitrogens with two attached hydrogens (primary N) is 3. The summed E-state index contributed by atoms with van der Waals surface area (Å²) in [5.74, 6) is 0.735. The molecule has 0 bridgehead atoms. The number of ether oxygens (including phenoxy) is 1. The summed E-state index contributed by atoms with van der Waals surface area (Å²) >= 11 is 0. The van der Waals surface area contributed by atoms with E-state index in [9.17, 15) is 0 Å². The SMILES string of the molecule is Nc1nc(N)c(N)c(C2CCOCC2)n1. The van der Waals surface area contributed by atoms with Gasteiger partial charge in [-0.2, -0.15) is 4.98 Å². The van der Waals surface area contributed by atoms with E-state index < -0.39 is 0 Å². The van der Waals surface area contributed by atoms with Crippen LogP contribution in [-0.2, 0) is 4.74 Å². The Morgan fingerprint density at radius 3 is 2.40 bits per heavy atom. The Kier molecular flexibility index (Phi) is 2.59. The van der Waals surface area contributed by atoms with Crippen molar-refractivity contribution in [3.63, 3.8) is 0 Å². The molecule has 0 atom stereocenters. The molecule has 1 aromatic rings. The predicted octanol–water partition coefficient (Wildman–Crippen LogP) is 0.117. The van der Waals surface area contributed by atoms with Gasteiger partial charge in [0.15, 0.2) is 5.82 Å². The molecule has 1 aliphatic rings. The molecule has 1 aliphatic heterocycles. The average Bonchev–Trinajstić information content (AvgIpc) is 2.24. The van der Waals surface area contributed by atoms with Crippen LogP contribution in [0.5, 0.6) is 0 Å². The predicted molar refractivity (Wildman–Crippen MR) is 58.1 cm³/mol. The zero-order chi connectivity index (χ0) is 10.8. The van der Waals surface area contributed by atoms with Gasteiger partial charge in [-0.25, -0.2) is 4.98 Å². The van der Waals surface area contributed by atoms with Crippen LogP contribution in [0.1, 0.15) is 24.5 Å². The topological polar surface area (TPSA) is 113 Å². The summed E-state index contributed by atoms with van der Waals surface area (Å²) in [6.45, 7) is 1.46. The molecule has 2 heterocycles. The van der Waals surface area contributed by atoms with E-state index in [1.165, 1.54) is 0 Å². The first-order chi connectivity index (χ1) is 7.18. The second-order valence-electron chi connectivity index (χ2n) is 3.65. The second-order valence-corrected chi connectivity index (χ2v) is 3.65. The van der Waals surface area contributed by atoms with Crippen molar-refractivity contribution >= 4 is 17.5 Å². The molecular formula is C9H15N5O. The maximum atomic E-state index is 5.84. The van der Waals surface area contributed by atoms with Gasteiger partial charge in [0, 0.05) is 19.1 Å². The molecule has 6 N–H and O–H groups in total. The van der Waals surface area contributed by atoms with Crippen molar-refractivity contribution in [2.45, 2.75) is 18.8 Å². The van der Waals surface area contributed by atoms with Crippen LogP contribution in [0, 0.1) is 0 Å². The maximum Gasteiger partial charge on any atom is 0.222 e. The van der Waals surface area contributed by atoms with Gasteiger partial charge in [0.2, 0.25) is 5.95 Å². The van der Waals surface area contributed by atoms with E-state index >= 15 is 0 Å². The summed E-state index contributed by atoms with van der Waals surface area (Å²) in [4.78, 5) is 7.98. The van der Waals surface area contributed by atoms with Crippen molar-refractivity contribution in [1.29, 1.82) is 0 Å². The molecule has 0 amide bonds. The standard InChI is InChI=1S/C9H15N5O/c10-6-7(5-1-3-15-4-2-5)13-9(12)14-8(6)11/h5H,1-4,10H2,(H4,11,12,13,14). The summed E-state index contributed by atoms with van der Waals surface area (Å²) in [5.41, 5.74) is 18.2. The van der Waals surface area contributed by atoms with Crippen LogP contribution in [0.2, 0.25) is 0 Å². The Morgan fingerprint density at radius 1 is 1.07 bits per heavy atom. The van der Waals surface area contributed by atoms with Gasteiger partial charge in [0.25, 0.3) is 0 Å². The van der Waals surface area contributed by atoms with Gasteiger partial charge in [-0.05, 0) is 12.8 Å². The van der Waals surface area contributed by atoms with E-state index in [0.717, 1.165) is 31.7 Å². The number of aromatic nitrogens is 2. The number of hydrogen-bond donors (Lipinski definition) is 3. The first-order valence-corrected chi connectivity index (χ1v) is 4.94. The molecule has 0 aliphatic carbocycles. The normalized spacial score (nSPS) is 17.9. The molecule has 0 saturated carbocycles. The van der Waals surface area contributed by atoms with Gasteiger partial charge >= 0.3 is 0 Å². The van der Waals surface area contributed by atoms with E-state index in [2.05, 4.69) is 9.97 Å². The monoisotopic (exact) mass is 209 g/mol. The fourth-order valence-electron chi connectivity index (χ4n) is 1.81. The van der Waals surface area contributed by atoms with Gasteiger partial charge in [-0.1, -0.05) is 0 Å². The first kappa shape index (κ1) is 9.97. The molecule has 2 rings (SSSR count). The van der Waals surface area contributed by atoms with Crippen molar-refractivity contribution in [1.82, 2.24) is 9.97 Å². The van der Waals surface area contributed by atoms with Gasteiger partial charge in [0.1, 0.15) is 0 Å². The van der Waals surface area contributed by atoms with Crippen LogP contribution in [0.4, 0.5) is 17.5 Å². The Balaban J connectivity index is 2.33. The minimum atomic E-state index is 0.184. The minimum Gasteiger partial charge on any atom is -0.394 e. The van der Waals surface area contributed by atoms with Crippen LogP contribution in [0.25, 0.3) is 0 Å². The number of hydrogen-bond acceptors (Lipinski definition) is 6. The number of nitrogen functional groups attached to an aromatic ring is 3. The van der Waals surface area contributed by atoms with Crippen molar-refractivity contribution in [2.24, 2.45) is 0 Å². The minimum absolute atomic E-state index is 0.184. The van der Waals surface area contributed by atoms with Crippen LogP contribution in [-0.4, -0.2) is 23.2 Å². The molecule has 1 saturated heterocycles. The lowest BCUT2D eigenvalue weighted by Gasteiger charge is -2.22. The number of rotatable bonds is 1. The summed E-state index contributed by atoms with van der Waals surface area (Å²) < 4.78 is 5.27. The highest BCUT2D eigenvalue weighted by Crippen LogP contribution is 2.31. The van der Waals surface area contributed by atoms with Gasteiger partial charge in [-0.15, -0.1) is 0 Å². The van der Waals surface area contributed by atoms with Crippen molar-refractivity contribution in [3.8, 4) is 0 Å². The molecule has 0 spiro atoms. The summed E-state index contributed by atoms with van der Waals surface area (Å²) in [6.07, 6.45) is 1.81. The third-order valence-electron chi connectivity index (χ3n) is 2.63. The number of anilines is 3. The molecule has 1 fully saturated rings. The molecule has 1 aromatic heterocycles. The van der Waals surface area contributed by atoms with Gasteiger partial charge < -0.3 is 21.9 Å². The summed E-state index contributed by atoms with van der Waals surface area (Å²) in [7, 11) is 0. The average molecular weight is 209 g/mol. The maximum absolute atomic E-state index is 5.84. The quantitative estimate of drug-likeness (QED) is 0.605. The van der Waals surface area contributed by atoms with Crippen LogP contribution < -0.4 is 17.2 Å². The first-order valence-electron chi connectivity index (χ1n) is 4.94. The molecule has 82 valence electrons. The second kappa shape index (κ2) is 3.90. The molecule has 0 unspecified atom stereocenters. The van der Waals surface area contributed by atoms with Crippen LogP contribution in [0.15, 0.2) is 0 Å². The van der Waals surface area contributed by atoms with Crippen LogP contribution >= 0.6 is 0 Å². The van der Waals surface area contributed by atoms with E-state index in [1.807, 2.05) is 0 Å². The zero-order valence-corrected chi connectivity index (χ0v) is 8.44. The largest absolute Gasteiger partial charge is 0.394 e. The smallest absolute Gasteiger partial charge is 0.222 e. The molecule has 0 radical (unpaired) electrons. The molecule has 15 heavy (non-hydrogen) atoms. The van der Waals surface area contributed by atoms with Gasteiger partial charge in [0.05, 0.1) is 11.4 Å². The highest BCUT2D eigenvalue weighted by Gasteiger charge is 2.21. The van der Waals surface area contributed by atoms with E-state index in [1.54, 1.807) is 0 Å². The van der Waals surface area contributed by atoms with Crippen LogP contribution in [0.3, 0.4) is 0 Å². The fraction of sp³-hybridized carbons (Fsp3) is 0.556. The zero-order valence-electron chi connectivity index (χ0n) is 8.44. The lowest BCUT2D eigenvalue weighted by Crippen LogP contribution is -2.18. The Labute approximate surface area is 87.8 Å². The Hall–Kier alpha value is -1.56. The summed E-state index contributed by atoms with van der Waals surface area (Å²) in [6, 6.07) is 0. The lowest BCUT2D eigenvalue weighted by molar-refractivity contribution is 0.0847. The van der Waals surface area contributed by atoms with E-state index in [4.69, 9.17) is 21.9 Å². The highest BCUT2D eigenvalue weighted by atomic mass is 16.5. The Bertz CT molecular complexity index is 362. The molecule has 6 heteroatoms. The van der Waals surface area contributed by atoms with E-state index in [-0.39, 0.29) is 17.7 Å². The molecule has 6 nitrogen and oxygen atoms in total. The van der Waals surface area contributed by atoms with Crippen molar-refractivity contribution in [2.75, 3.05) is 30.4 Å². The molecule has 0 aromatic carbocycles. The van der Waals surface area contributed by atoms with Crippen molar-refractivity contribution < 1.29 is 4.74 Å². The third kappa shape index (κ3) is 1.94. The summed E-state index contributed by atoms with van der Waals surface area (Å²) in [5, 5.41) is 0. The number of nitrogens with zero attached hydrogens (tertiary/aromatic N) is 2. The highest BCUT2D eigenvalue weighted by molar-refractivity contribution is 5.63. The fourth-order valence-corrected chi connectivity index (χ4v) is 1.81. The van der Waals surface area contributed by atoms with Crippen molar-refractivity contribution in [3.05, 3.63) is 5.69 Å². The lowest BCUT2D eigenvalue weighted by atomic mass is 9.95. The molecular weight excluding hydrogens is 194 g/mol. The Morgan fingerprint density at radius 2 is 1.73 bits per heavy atom. The van der Waals surface area contributed by atoms with E-state index in [0.29, 0.717) is 5.69 Å². The van der Waals surface area contributed by atoms with Gasteiger partial charge in [-0.3, -0.25) is 0 Å².